The minimum Gasteiger partial charge on any atom is -0.403 e. The van der Waals surface area contributed by atoms with Gasteiger partial charge in [0.1, 0.15) is 28.8 Å². The molecule has 6 nitrogen and oxygen atoms in total. The van der Waals surface area contributed by atoms with Crippen molar-refractivity contribution >= 4 is 41.3 Å². The number of rotatable bonds is 7. The summed E-state index contributed by atoms with van der Waals surface area (Å²) in [4.78, 5) is 8.76. The zero-order valence-corrected chi connectivity index (χ0v) is 26.4. The Morgan fingerprint density at radius 1 is 0.976 bits per heavy atom. The van der Waals surface area contributed by atoms with Crippen molar-refractivity contribution in [2.75, 3.05) is 6.61 Å². The molecule has 3 heterocycles. The molecular formula is C33H38ClN3O3Si. The average molecular weight is 588 g/mol. The third-order valence-corrected chi connectivity index (χ3v) is 14.0. The van der Waals surface area contributed by atoms with E-state index in [0.29, 0.717) is 11.8 Å². The minimum atomic E-state index is -2.76. The van der Waals surface area contributed by atoms with Crippen molar-refractivity contribution in [2.45, 2.75) is 76.5 Å². The van der Waals surface area contributed by atoms with Gasteiger partial charge in [-0.15, -0.1) is 0 Å². The highest BCUT2D eigenvalue weighted by Gasteiger charge is 2.61. The van der Waals surface area contributed by atoms with Gasteiger partial charge in [-0.25, -0.2) is 9.97 Å². The monoisotopic (exact) mass is 587 g/mol. The molecule has 1 fully saturated rings. The Morgan fingerprint density at radius 2 is 1.61 bits per heavy atom. The van der Waals surface area contributed by atoms with Crippen molar-refractivity contribution in [1.82, 2.24) is 14.5 Å². The first-order valence-corrected chi connectivity index (χ1v) is 16.6. The van der Waals surface area contributed by atoms with Crippen LogP contribution in [0.3, 0.4) is 0 Å². The number of benzene rings is 2. The largest absolute Gasteiger partial charge is 0.403 e. The molecule has 41 heavy (non-hydrogen) atoms. The van der Waals surface area contributed by atoms with Crippen LogP contribution in [-0.2, 0) is 13.9 Å². The van der Waals surface area contributed by atoms with Gasteiger partial charge in [-0.2, -0.15) is 0 Å². The smallest absolute Gasteiger partial charge is 0.261 e. The molecule has 2 aromatic carbocycles. The molecule has 0 amide bonds. The van der Waals surface area contributed by atoms with E-state index in [1.165, 1.54) is 16.7 Å². The molecule has 4 aromatic rings. The van der Waals surface area contributed by atoms with Crippen LogP contribution in [0.25, 0.3) is 11.0 Å². The number of hydrogen-bond acceptors (Lipinski definition) is 5. The van der Waals surface area contributed by atoms with Crippen molar-refractivity contribution in [3.8, 4) is 0 Å². The van der Waals surface area contributed by atoms with E-state index in [1.807, 2.05) is 26.1 Å². The molecular weight excluding hydrogens is 550 g/mol. The molecule has 2 aliphatic rings. The van der Waals surface area contributed by atoms with Gasteiger partial charge in [-0.05, 0) is 47.3 Å². The zero-order chi connectivity index (χ0) is 29.0. The highest BCUT2D eigenvalue weighted by Crippen LogP contribution is 2.53. The molecule has 1 saturated heterocycles. The molecule has 2 aromatic heterocycles. The molecule has 1 aliphatic carbocycles. The molecule has 0 bridgehead atoms. The number of ether oxygens (including phenoxy) is 2. The van der Waals surface area contributed by atoms with Crippen molar-refractivity contribution in [2.24, 2.45) is 0 Å². The number of hydrogen-bond donors (Lipinski definition) is 0. The van der Waals surface area contributed by atoms with Crippen LogP contribution in [0.4, 0.5) is 0 Å². The minimum absolute atomic E-state index is 0.135. The molecule has 6 rings (SSSR count). The van der Waals surface area contributed by atoms with E-state index in [9.17, 15) is 0 Å². The number of aromatic nitrogens is 3. The van der Waals surface area contributed by atoms with Crippen molar-refractivity contribution in [1.29, 1.82) is 0 Å². The van der Waals surface area contributed by atoms with Crippen LogP contribution in [0.2, 0.25) is 10.2 Å². The lowest BCUT2D eigenvalue weighted by Gasteiger charge is -2.44. The second-order valence-corrected chi connectivity index (χ2v) is 17.2. The van der Waals surface area contributed by atoms with Gasteiger partial charge in [0.25, 0.3) is 8.32 Å². The number of halogens is 1. The molecule has 8 heteroatoms. The molecule has 0 spiro atoms. The summed E-state index contributed by atoms with van der Waals surface area (Å²) in [6.45, 7) is 13.5. The fourth-order valence-corrected chi connectivity index (χ4v) is 11.7. The average Bonchev–Trinajstić information content (AvgIpc) is 3.58. The fraction of sp³-hybridized carbons (Fsp3) is 0.394. The summed E-state index contributed by atoms with van der Waals surface area (Å²) < 4.78 is 23.0. The van der Waals surface area contributed by atoms with E-state index in [4.69, 9.17) is 25.5 Å². The van der Waals surface area contributed by atoms with Gasteiger partial charge in [-0.3, -0.25) is 0 Å². The Labute approximate surface area is 248 Å². The van der Waals surface area contributed by atoms with Gasteiger partial charge in [0.15, 0.2) is 5.79 Å². The maximum absolute atomic E-state index is 7.40. The van der Waals surface area contributed by atoms with E-state index in [2.05, 4.69) is 109 Å². The Morgan fingerprint density at radius 3 is 2.20 bits per heavy atom. The predicted molar refractivity (Wildman–Crippen MR) is 166 cm³/mol. The third kappa shape index (κ3) is 4.50. The molecule has 214 valence electrons. The van der Waals surface area contributed by atoms with Crippen LogP contribution >= 0.6 is 11.6 Å². The van der Waals surface area contributed by atoms with Crippen LogP contribution in [0, 0.1) is 0 Å². The molecule has 0 radical (unpaired) electrons. The van der Waals surface area contributed by atoms with Crippen molar-refractivity contribution in [3.63, 3.8) is 0 Å². The molecule has 0 saturated carbocycles. The van der Waals surface area contributed by atoms with Gasteiger partial charge in [-0.1, -0.05) is 106 Å². The van der Waals surface area contributed by atoms with Crippen LogP contribution in [0.15, 0.2) is 90.9 Å². The summed E-state index contributed by atoms with van der Waals surface area (Å²) in [6.07, 6.45) is 6.31. The second kappa shape index (κ2) is 10.2. The topological polar surface area (TPSA) is 58.4 Å². The van der Waals surface area contributed by atoms with E-state index < -0.39 is 19.7 Å². The van der Waals surface area contributed by atoms with Gasteiger partial charge in [0, 0.05) is 6.20 Å². The molecule has 3 atom stereocenters. The van der Waals surface area contributed by atoms with E-state index in [1.54, 1.807) is 0 Å². The summed E-state index contributed by atoms with van der Waals surface area (Å²) in [5, 5.41) is 3.63. The molecule has 1 aliphatic heterocycles. The van der Waals surface area contributed by atoms with Crippen molar-refractivity contribution < 1.29 is 13.9 Å². The first-order chi connectivity index (χ1) is 19.5. The van der Waals surface area contributed by atoms with Crippen molar-refractivity contribution in [3.05, 3.63) is 96.1 Å². The third-order valence-electron chi connectivity index (χ3n) is 8.69. The van der Waals surface area contributed by atoms with Crippen LogP contribution in [0.5, 0.6) is 0 Å². The normalized spacial score (nSPS) is 24.0. The summed E-state index contributed by atoms with van der Waals surface area (Å²) >= 11 is 6.42. The fourth-order valence-electron chi connectivity index (χ4n) is 6.98. The van der Waals surface area contributed by atoms with Crippen LogP contribution in [0.1, 0.15) is 54.0 Å². The van der Waals surface area contributed by atoms with E-state index in [0.717, 1.165) is 23.0 Å². The lowest BCUT2D eigenvalue weighted by Crippen LogP contribution is -2.67. The van der Waals surface area contributed by atoms with Gasteiger partial charge in [0.2, 0.25) is 0 Å². The molecule has 0 N–H and O–H groups in total. The summed E-state index contributed by atoms with van der Waals surface area (Å²) in [5.74, 6) is -0.745. The standard InChI is InChI=1S/C33H38ClN3O3Si/c1-7-33-23(21-38-41(31(2,3)4,24-14-10-8-11-15-24)25-16-12-9-13-17-25)20-27(28(33)39-32(5,6)40-33)37-19-18-26-29(34)35-22-36-30(26)37/h8-20,22,27-28H,7,21H2,1-6H3/t27-,28+,33-/m1/s1. The number of nitrogens with zero attached hydrogens (tertiary/aromatic N) is 3. The lowest BCUT2D eigenvalue weighted by atomic mass is 9.90. The maximum atomic E-state index is 7.40. The first-order valence-electron chi connectivity index (χ1n) is 14.3. The van der Waals surface area contributed by atoms with Crippen LogP contribution < -0.4 is 10.4 Å². The summed E-state index contributed by atoms with van der Waals surface area (Å²) in [7, 11) is -2.76. The highest BCUT2D eigenvalue weighted by atomic mass is 35.5. The Hall–Kier alpha value is -2.81. The summed E-state index contributed by atoms with van der Waals surface area (Å²) in [5.41, 5.74) is 1.25. The van der Waals surface area contributed by atoms with E-state index in [-0.39, 0.29) is 17.2 Å². The summed E-state index contributed by atoms with van der Waals surface area (Å²) in [6, 6.07) is 23.3. The van der Waals surface area contributed by atoms with Gasteiger partial charge >= 0.3 is 0 Å². The van der Waals surface area contributed by atoms with Gasteiger partial charge in [0.05, 0.1) is 18.0 Å². The predicted octanol–water partition coefficient (Wildman–Crippen LogP) is 6.44. The Bertz CT molecular complexity index is 1540. The molecule has 0 unspecified atom stereocenters. The van der Waals surface area contributed by atoms with E-state index >= 15 is 0 Å². The SMILES string of the molecule is CC[C@]12OC(C)(C)O[C@H]1[C@H](n1ccc3c(Cl)ncnc31)C=C2CO[Si](c1ccccc1)(c1ccccc1)C(C)(C)C. The Balaban J connectivity index is 1.47. The van der Waals surface area contributed by atoms with Gasteiger partial charge < -0.3 is 18.5 Å². The Kier molecular flexibility index (Phi) is 7.03. The zero-order valence-electron chi connectivity index (χ0n) is 24.6. The number of fused-ring (bicyclic) bond motifs is 2. The highest BCUT2D eigenvalue weighted by molar-refractivity contribution is 6.99. The maximum Gasteiger partial charge on any atom is 0.261 e. The quantitative estimate of drug-likeness (QED) is 0.141. The lowest BCUT2D eigenvalue weighted by molar-refractivity contribution is -0.161. The first kappa shape index (κ1) is 28.3. The second-order valence-electron chi connectivity index (χ2n) is 12.5. The van der Waals surface area contributed by atoms with Crippen LogP contribution in [-0.4, -0.2) is 47.0 Å².